The maximum atomic E-state index is 11.8. The summed E-state index contributed by atoms with van der Waals surface area (Å²) >= 11 is 1.65. The molecule has 6 nitrogen and oxygen atoms in total. The van der Waals surface area contributed by atoms with Crippen LogP contribution in [0, 0.1) is 5.92 Å². The van der Waals surface area contributed by atoms with Crippen LogP contribution in [-0.2, 0) is 6.54 Å². The average molecular weight is 327 g/mol. The van der Waals surface area contributed by atoms with Gasteiger partial charge in [-0.15, -0.1) is 11.3 Å². The van der Waals surface area contributed by atoms with E-state index in [9.17, 15) is 4.79 Å². The van der Waals surface area contributed by atoms with Crippen molar-refractivity contribution >= 4 is 27.4 Å². The lowest BCUT2D eigenvalue weighted by atomic mass is 9.96. The van der Waals surface area contributed by atoms with Gasteiger partial charge in [0.05, 0.1) is 11.7 Å². The fraction of sp³-hybridized carbons (Fsp3) is 0.375. The summed E-state index contributed by atoms with van der Waals surface area (Å²) in [5.41, 5.74) is 0.0261. The molecule has 1 aliphatic rings. The van der Waals surface area contributed by atoms with Crippen LogP contribution in [0.4, 0.5) is 5.82 Å². The van der Waals surface area contributed by atoms with Gasteiger partial charge in [-0.25, -0.2) is 15.0 Å². The number of rotatable bonds is 3. The summed E-state index contributed by atoms with van der Waals surface area (Å²) in [7, 11) is 0. The van der Waals surface area contributed by atoms with Crippen molar-refractivity contribution in [3.05, 3.63) is 46.7 Å². The Morgan fingerprint density at radius 2 is 2.09 bits per heavy atom. The number of piperidine rings is 1. The van der Waals surface area contributed by atoms with Crippen molar-refractivity contribution in [3.63, 3.8) is 0 Å². The lowest BCUT2D eigenvalue weighted by Crippen LogP contribution is -2.36. The molecule has 0 saturated carbocycles. The Hall–Kier alpha value is -2.28. The van der Waals surface area contributed by atoms with E-state index in [1.807, 2.05) is 0 Å². The zero-order valence-electron chi connectivity index (χ0n) is 12.6. The molecule has 0 radical (unpaired) electrons. The van der Waals surface area contributed by atoms with Crippen molar-refractivity contribution in [1.82, 2.24) is 19.5 Å². The van der Waals surface area contributed by atoms with Crippen molar-refractivity contribution in [1.29, 1.82) is 0 Å². The van der Waals surface area contributed by atoms with Gasteiger partial charge in [-0.3, -0.25) is 9.36 Å². The summed E-state index contributed by atoms with van der Waals surface area (Å²) in [5, 5.41) is 3.20. The molecule has 1 aliphatic heterocycles. The minimum absolute atomic E-state index is 0.0261. The first-order valence-corrected chi connectivity index (χ1v) is 8.63. The van der Waals surface area contributed by atoms with Crippen molar-refractivity contribution in [2.24, 2.45) is 5.92 Å². The molecule has 0 aromatic carbocycles. The van der Waals surface area contributed by atoms with E-state index in [-0.39, 0.29) is 5.56 Å². The first-order valence-electron chi connectivity index (χ1n) is 7.75. The molecule has 0 spiro atoms. The molecule has 0 amide bonds. The maximum absolute atomic E-state index is 11.8. The molecule has 7 heteroatoms. The Balaban J connectivity index is 1.46. The van der Waals surface area contributed by atoms with Gasteiger partial charge in [-0.2, -0.15) is 0 Å². The largest absolute Gasteiger partial charge is 0.356 e. The Morgan fingerprint density at radius 3 is 2.91 bits per heavy atom. The lowest BCUT2D eigenvalue weighted by Gasteiger charge is -2.33. The fourth-order valence-electron chi connectivity index (χ4n) is 3.15. The SMILES string of the molecule is O=c1ccncn1CC1CCN(c2ncnc3sccc23)CC1. The third-order valence-corrected chi connectivity index (χ3v) is 5.22. The Kier molecular flexibility index (Phi) is 3.78. The topological polar surface area (TPSA) is 63.9 Å². The van der Waals surface area contributed by atoms with E-state index in [4.69, 9.17) is 0 Å². The summed E-state index contributed by atoms with van der Waals surface area (Å²) in [6.45, 7) is 2.67. The second kappa shape index (κ2) is 6.08. The van der Waals surface area contributed by atoms with Gasteiger partial charge in [-0.1, -0.05) is 0 Å². The Labute approximate surface area is 137 Å². The van der Waals surface area contributed by atoms with E-state index < -0.39 is 0 Å². The van der Waals surface area contributed by atoms with Crippen LogP contribution in [0.1, 0.15) is 12.8 Å². The maximum Gasteiger partial charge on any atom is 0.253 e. The molecule has 1 fully saturated rings. The summed E-state index contributed by atoms with van der Waals surface area (Å²) in [4.78, 5) is 28.0. The minimum atomic E-state index is 0.0261. The second-order valence-corrected chi connectivity index (χ2v) is 6.73. The quantitative estimate of drug-likeness (QED) is 0.738. The molecule has 4 rings (SSSR count). The number of fused-ring (bicyclic) bond motifs is 1. The number of nitrogens with zero attached hydrogens (tertiary/aromatic N) is 5. The summed E-state index contributed by atoms with van der Waals surface area (Å²) in [6.07, 6.45) is 6.93. The number of hydrogen-bond acceptors (Lipinski definition) is 6. The highest BCUT2D eigenvalue weighted by Gasteiger charge is 2.22. The molecule has 0 unspecified atom stereocenters. The third kappa shape index (κ3) is 2.84. The van der Waals surface area contributed by atoms with Crippen LogP contribution < -0.4 is 10.5 Å². The molecular formula is C16H17N5OS. The molecular weight excluding hydrogens is 310 g/mol. The van der Waals surface area contributed by atoms with E-state index in [2.05, 4.69) is 31.3 Å². The standard InChI is InChI=1S/C16H17N5OS/c22-14-1-5-17-11-21(14)9-12-2-6-20(7-3-12)15-13-4-8-23-16(13)19-10-18-15/h1,4-5,8,10-12H,2-3,6-7,9H2. The van der Waals surface area contributed by atoms with Gasteiger partial charge in [0, 0.05) is 31.9 Å². The Morgan fingerprint density at radius 1 is 1.22 bits per heavy atom. The van der Waals surface area contributed by atoms with E-state index in [0.29, 0.717) is 5.92 Å². The van der Waals surface area contributed by atoms with Crippen LogP contribution in [0.2, 0.25) is 0 Å². The zero-order valence-corrected chi connectivity index (χ0v) is 13.4. The third-order valence-electron chi connectivity index (χ3n) is 4.40. The van der Waals surface area contributed by atoms with Crippen LogP contribution in [0.15, 0.2) is 41.2 Å². The van der Waals surface area contributed by atoms with Crippen molar-refractivity contribution in [3.8, 4) is 0 Å². The van der Waals surface area contributed by atoms with Gasteiger partial charge in [0.2, 0.25) is 0 Å². The van der Waals surface area contributed by atoms with E-state index >= 15 is 0 Å². The lowest BCUT2D eigenvalue weighted by molar-refractivity contribution is 0.350. The van der Waals surface area contributed by atoms with Crippen LogP contribution in [0.25, 0.3) is 10.2 Å². The molecule has 0 aliphatic carbocycles. The first kappa shape index (κ1) is 14.3. The average Bonchev–Trinajstić information content (AvgIpc) is 3.06. The van der Waals surface area contributed by atoms with E-state index in [1.54, 1.807) is 34.8 Å². The molecule has 118 valence electrons. The van der Waals surface area contributed by atoms with Crippen LogP contribution in [0.3, 0.4) is 0 Å². The van der Waals surface area contributed by atoms with Crippen molar-refractivity contribution < 1.29 is 0 Å². The van der Waals surface area contributed by atoms with Crippen molar-refractivity contribution in [2.45, 2.75) is 19.4 Å². The smallest absolute Gasteiger partial charge is 0.253 e. The fourth-order valence-corrected chi connectivity index (χ4v) is 3.88. The number of hydrogen-bond donors (Lipinski definition) is 0. The highest BCUT2D eigenvalue weighted by Crippen LogP contribution is 2.30. The monoisotopic (exact) mass is 327 g/mol. The number of anilines is 1. The summed E-state index contributed by atoms with van der Waals surface area (Å²) in [6, 6.07) is 3.61. The molecule has 0 bridgehead atoms. The van der Waals surface area contributed by atoms with Gasteiger partial charge in [0.1, 0.15) is 17.0 Å². The first-order chi connectivity index (χ1) is 11.3. The van der Waals surface area contributed by atoms with Gasteiger partial charge in [-0.05, 0) is 30.2 Å². The van der Waals surface area contributed by atoms with Crippen molar-refractivity contribution in [2.75, 3.05) is 18.0 Å². The number of thiophene rings is 1. The molecule has 3 aromatic heterocycles. The Bertz CT molecular complexity index is 866. The normalized spacial score (nSPS) is 16.1. The van der Waals surface area contributed by atoms with Gasteiger partial charge >= 0.3 is 0 Å². The van der Waals surface area contributed by atoms with E-state index in [1.165, 1.54) is 6.07 Å². The van der Waals surface area contributed by atoms with Crippen LogP contribution >= 0.6 is 11.3 Å². The van der Waals surface area contributed by atoms with Gasteiger partial charge < -0.3 is 4.90 Å². The van der Waals surface area contributed by atoms with E-state index in [0.717, 1.165) is 48.5 Å². The highest BCUT2D eigenvalue weighted by molar-refractivity contribution is 7.16. The predicted molar refractivity (Wildman–Crippen MR) is 90.8 cm³/mol. The van der Waals surface area contributed by atoms with Crippen LogP contribution in [0.5, 0.6) is 0 Å². The van der Waals surface area contributed by atoms with Gasteiger partial charge in [0.25, 0.3) is 5.56 Å². The number of aromatic nitrogens is 4. The second-order valence-electron chi connectivity index (χ2n) is 5.84. The van der Waals surface area contributed by atoms with Gasteiger partial charge in [0.15, 0.2) is 0 Å². The predicted octanol–water partition coefficient (Wildman–Crippen LogP) is 2.16. The molecule has 4 heterocycles. The molecule has 0 atom stereocenters. The highest BCUT2D eigenvalue weighted by atomic mass is 32.1. The molecule has 23 heavy (non-hydrogen) atoms. The zero-order chi connectivity index (χ0) is 15.6. The summed E-state index contributed by atoms with van der Waals surface area (Å²) in [5.74, 6) is 1.54. The molecule has 3 aromatic rings. The van der Waals surface area contributed by atoms with Crippen LogP contribution in [-0.4, -0.2) is 32.6 Å². The minimum Gasteiger partial charge on any atom is -0.356 e. The molecule has 1 saturated heterocycles. The molecule has 0 N–H and O–H groups in total. The summed E-state index contributed by atoms with van der Waals surface area (Å²) < 4.78 is 1.71.